The fourth-order valence-electron chi connectivity index (χ4n) is 3.31. The average Bonchev–Trinajstić information content (AvgIpc) is 3.52. The lowest BCUT2D eigenvalue weighted by atomic mass is 10.1. The Morgan fingerprint density at radius 2 is 1.86 bits per heavy atom. The Hall–Kier alpha value is -3.28. The molecule has 6 heteroatoms. The van der Waals surface area contributed by atoms with E-state index in [9.17, 15) is 4.79 Å². The highest BCUT2D eigenvalue weighted by molar-refractivity contribution is 5.81. The number of aromatic nitrogens is 1. The van der Waals surface area contributed by atoms with Crippen molar-refractivity contribution in [1.29, 1.82) is 0 Å². The van der Waals surface area contributed by atoms with E-state index in [2.05, 4.69) is 5.16 Å². The maximum atomic E-state index is 12.8. The summed E-state index contributed by atoms with van der Waals surface area (Å²) in [5.41, 5.74) is 2.60. The summed E-state index contributed by atoms with van der Waals surface area (Å²) in [7, 11) is 3.21. The predicted molar refractivity (Wildman–Crippen MR) is 108 cm³/mol. The molecule has 0 radical (unpaired) electrons. The van der Waals surface area contributed by atoms with Gasteiger partial charge in [0.1, 0.15) is 17.2 Å². The van der Waals surface area contributed by atoms with Crippen molar-refractivity contribution in [2.24, 2.45) is 5.92 Å². The summed E-state index contributed by atoms with van der Waals surface area (Å²) in [5.74, 6) is 2.27. The number of benzene rings is 2. The van der Waals surface area contributed by atoms with Crippen LogP contribution in [0.1, 0.15) is 24.1 Å². The maximum absolute atomic E-state index is 12.8. The summed E-state index contributed by atoms with van der Waals surface area (Å²) in [6, 6.07) is 17.4. The first kappa shape index (κ1) is 19.1. The van der Waals surface area contributed by atoms with E-state index >= 15 is 0 Å². The first-order chi connectivity index (χ1) is 14.2. The van der Waals surface area contributed by atoms with E-state index < -0.39 is 0 Å². The van der Waals surface area contributed by atoms with Crippen molar-refractivity contribution in [2.75, 3.05) is 14.2 Å². The van der Waals surface area contributed by atoms with Gasteiger partial charge < -0.3 is 18.9 Å². The van der Waals surface area contributed by atoms with Crippen LogP contribution in [0.3, 0.4) is 0 Å². The largest absolute Gasteiger partial charge is 0.497 e. The molecule has 0 spiro atoms. The van der Waals surface area contributed by atoms with Crippen LogP contribution in [0.25, 0.3) is 11.3 Å². The molecule has 0 saturated heterocycles. The zero-order valence-corrected chi connectivity index (χ0v) is 16.6. The number of amides is 1. The lowest BCUT2D eigenvalue weighted by molar-refractivity contribution is -0.133. The number of hydrogen-bond acceptors (Lipinski definition) is 5. The molecule has 1 aliphatic rings. The topological polar surface area (TPSA) is 64.8 Å². The van der Waals surface area contributed by atoms with Crippen molar-refractivity contribution in [3.05, 3.63) is 65.9 Å². The van der Waals surface area contributed by atoms with Crippen LogP contribution in [0, 0.1) is 5.92 Å². The number of methoxy groups -OCH3 is 2. The third kappa shape index (κ3) is 4.42. The summed E-state index contributed by atoms with van der Waals surface area (Å²) in [4.78, 5) is 14.7. The summed E-state index contributed by atoms with van der Waals surface area (Å²) in [5, 5.41) is 4.20. The fourth-order valence-corrected chi connectivity index (χ4v) is 3.31. The molecule has 1 heterocycles. The van der Waals surface area contributed by atoms with Gasteiger partial charge in [0.05, 0.1) is 26.3 Å². The monoisotopic (exact) mass is 392 g/mol. The van der Waals surface area contributed by atoms with Crippen LogP contribution in [0.15, 0.2) is 59.1 Å². The minimum atomic E-state index is 0.145. The molecule has 4 rings (SSSR count). The van der Waals surface area contributed by atoms with Crippen molar-refractivity contribution in [2.45, 2.75) is 25.9 Å². The molecule has 0 N–H and O–H groups in total. The average molecular weight is 392 g/mol. The molecule has 0 aliphatic heterocycles. The smallest absolute Gasteiger partial charge is 0.226 e. The standard InChI is InChI=1S/C23H24N2O4/c1-27-19-10-11-20(21(13-19)28-2)22-12-18(24-29-22)15-25(23(26)17-8-9-17)14-16-6-4-3-5-7-16/h3-7,10-13,17H,8-9,14-15H2,1-2H3. The first-order valence-corrected chi connectivity index (χ1v) is 9.68. The van der Waals surface area contributed by atoms with Crippen LogP contribution in [0.4, 0.5) is 0 Å². The van der Waals surface area contributed by atoms with Gasteiger partial charge in [-0.05, 0) is 30.5 Å². The van der Waals surface area contributed by atoms with Crippen LogP contribution >= 0.6 is 0 Å². The molecule has 0 atom stereocenters. The number of hydrogen-bond donors (Lipinski definition) is 0. The van der Waals surface area contributed by atoms with Gasteiger partial charge in [-0.1, -0.05) is 35.5 Å². The highest BCUT2D eigenvalue weighted by Crippen LogP contribution is 2.35. The van der Waals surface area contributed by atoms with E-state index in [-0.39, 0.29) is 11.8 Å². The minimum absolute atomic E-state index is 0.145. The quantitative estimate of drug-likeness (QED) is 0.572. The van der Waals surface area contributed by atoms with Crippen LogP contribution < -0.4 is 9.47 Å². The Morgan fingerprint density at radius 1 is 1.07 bits per heavy atom. The van der Waals surface area contributed by atoms with Gasteiger partial charge in [0, 0.05) is 24.6 Å². The second-order valence-electron chi connectivity index (χ2n) is 7.20. The Bertz CT molecular complexity index is 980. The number of carbonyl (C=O) groups excluding carboxylic acids is 1. The van der Waals surface area contributed by atoms with E-state index in [4.69, 9.17) is 14.0 Å². The van der Waals surface area contributed by atoms with Gasteiger partial charge in [-0.15, -0.1) is 0 Å². The van der Waals surface area contributed by atoms with Crippen molar-refractivity contribution in [3.8, 4) is 22.8 Å². The minimum Gasteiger partial charge on any atom is -0.497 e. The van der Waals surface area contributed by atoms with Crippen LogP contribution in [0.5, 0.6) is 11.5 Å². The molecule has 6 nitrogen and oxygen atoms in total. The van der Waals surface area contributed by atoms with Gasteiger partial charge in [0.2, 0.25) is 5.91 Å². The second kappa shape index (κ2) is 8.39. The summed E-state index contributed by atoms with van der Waals surface area (Å²) in [6.07, 6.45) is 1.94. The predicted octanol–water partition coefficient (Wildman–Crippen LogP) is 4.30. The van der Waals surface area contributed by atoms with Crippen molar-refractivity contribution < 1.29 is 18.8 Å². The summed E-state index contributed by atoms with van der Waals surface area (Å²) >= 11 is 0. The molecule has 1 saturated carbocycles. The van der Waals surface area contributed by atoms with Gasteiger partial charge in [0.25, 0.3) is 0 Å². The van der Waals surface area contributed by atoms with E-state index in [0.29, 0.717) is 36.0 Å². The molecule has 1 aliphatic carbocycles. The highest BCUT2D eigenvalue weighted by Gasteiger charge is 2.33. The zero-order valence-electron chi connectivity index (χ0n) is 16.6. The summed E-state index contributed by atoms with van der Waals surface area (Å²) < 4.78 is 16.3. The molecule has 0 unspecified atom stereocenters. The number of nitrogens with zero attached hydrogens (tertiary/aromatic N) is 2. The molecule has 1 amide bonds. The van der Waals surface area contributed by atoms with Crippen LogP contribution in [0.2, 0.25) is 0 Å². The van der Waals surface area contributed by atoms with E-state index in [1.165, 1.54) is 0 Å². The first-order valence-electron chi connectivity index (χ1n) is 9.68. The van der Waals surface area contributed by atoms with E-state index in [0.717, 1.165) is 24.0 Å². The van der Waals surface area contributed by atoms with Gasteiger partial charge in [-0.25, -0.2) is 0 Å². The zero-order chi connectivity index (χ0) is 20.2. The lowest BCUT2D eigenvalue weighted by Crippen LogP contribution is -2.31. The van der Waals surface area contributed by atoms with Gasteiger partial charge in [-0.2, -0.15) is 0 Å². The molecule has 1 fully saturated rings. The molecule has 1 aromatic heterocycles. The maximum Gasteiger partial charge on any atom is 0.226 e. The van der Waals surface area contributed by atoms with Crippen LogP contribution in [-0.2, 0) is 17.9 Å². The van der Waals surface area contributed by atoms with Crippen LogP contribution in [-0.4, -0.2) is 30.2 Å². The molecular weight excluding hydrogens is 368 g/mol. The fraction of sp³-hybridized carbons (Fsp3) is 0.304. The number of ether oxygens (including phenoxy) is 2. The molecule has 2 aromatic carbocycles. The molecule has 150 valence electrons. The van der Waals surface area contributed by atoms with E-state index in [1.54, 1.807) is 20.3 Å². The third-order valence-electron chi connectivity index (χ3n) is 5.04. The van der Waals surface area contributed by atoms with Crippen molar-refractivity contribution >= 4 is 5.91 Å². The SMILES string of the molecule is COc1ccc(-c2cc(CN(Cc3ccccc3)C(=O)C3CC3)no2)c(OC)c1. The Labute approximate surface area is 170 Å². The Balaban J connectivity index is 1.55. The summed E-state index contributed by atoms with van der Waals surface area (Å²) in [6.45, 7) is 0.969. The highest BCUT2D eigenvalue weighted by atomic mass is 16.5. The third-order valence-corrected chi connectivity index (χ3v) is 5.04. The number of carbonyl (C=O) groups is 1. The molecule has 0 bridgehead atoms. The molecule has 29 heavy (non-hydrogen) atoms. The van der Waals surface area contributed by atoms with Gasteiger partial charge in [-0.3, -0.25) is 4.79 Å². The Morgan fingerprint density at radius 3 is 2.55 bits per heavy atom. The van der Waals surface area contributed by atoms with Crippen molar-refractivity contribution in [3.63, 3.8) is 0 Å². The Kier molecular flexibility index (Phi) is 5.51. The second-order valence-corrected chi connectivity index (χ2v) is 7.20. The van der Waals surface area contributed by atoms with Gasteiger partial charge in [0.15, 0.2) is 5.76 Å². The molecular formula is C23H24N2O4. The normalized spacial score (nSPS) is 13.2. The molecule has 3 aromatic rings. The van der Waals surface area contributed by atoms with E-state index in [1.807, 2.05) is 53.4 Å². The van der Waals surface area contributed by atoms with Crippen molar-refractivity contribution in [1.82, 2.24) is 10.1 Å². The van der Waals surface area contributed by atoms with Gasteiger partial charge >= 0.3 is 0 Å². The lowest BCUT2D eigenvalue weighted by Gasteiger charge is -2.21. The number of rotatable bonds is 8.